The van der Waals surface area contributed by atoms with Crippen molar-refractivity contribution in [3.8, 4) is 5.75 Å². The molecule has 1 N–H and O–H groups in total. The summed E-state index contributed by atoms with van der Waals surface area (Å²) in [6.45, 7) is 3.50. The predicted molar refractivity (Wildman–Crippen MR) is 107 cm³/mol. The number of hydrogen-bond donors (Lipinski definition) is 1. The van der Waals surface area contributed by atoms with E-state index in [0.29, 0.717) is 17.0 Å². The number of carbonyl (C=O) groups is 2. The van der Waals surface area contributed by atoms with Gasteiger partial charge in [-0.1, -0.05) is 49.6 Å². The highest BCUT2D eigenvalue weighted by Crippen LogP contribution is 2.44. The molecule has 27 heavy (non-hydrogen) atoms. The number of amides is 1. The number of hydrogen-bond acceptors (Lipinski definition) is 4. The molecule has 0 saturated carbocycles. The molecule has 0 unspecified atom stereocenters. The number of ether oxygens (including phenoxy) is 1. The molecule has 0 aromatic heterocycles. The standard InChI is InChI=1S/C21H22BNO4/c1-12(2)19(24)17-18(15-6-4-5-7-16(15)27-3)23(21(26)20(17)25)14-10-8-13(22)9-11-14/h4-12,18,25H,22H2,1-3H3/t18-/m1/s1. The molecule has 1 amide bonds. The molecule has 0 bridgehead atoms. The van der Waals surface area contributed by atoms with E-state index in [4.69, 9.17) is 4.74 Å². The minimum Gasteiger partial charge on any atom is -0.503 e. The Morgan fingerprint density at radius 3 is 2.37 bits per heavy atom. The number of anilines is 1. The molecule has 1 atom stereocenters. The summed E-state index contributed by atoms with van der Waals surface area (Å²) in [6, 6.07) is 13.9. The van der Waals surface area contributed by atoms with Gasteiger partial charge in [0.25, 0.3) is 5.91 Å². The summed E-state index contributed by atoms with van der Waals surface area (Å²) in [6.07, 6.45) is 0. The zero-order valence-electron chi connectivity index (χ0n) is 15.9. The number of ketones is 1. The summed E-state index contributed by atoms with van der Waals surface area (Å²) in [5.74, 6) is -1.14. The van der Waals surface area contributed by atoms with E-state index < -0.39 is 17.7 Å². The van der Waals surface area contributed by atoms with E-state index >= 15 is 0 Å². The van der Waals surface area contributed by atoms with E-state index in [0.717, 1.165) is 5.46 Å². The lowest BCUT2D eigenvalue weighted by molar-refractivity contribution is -0.119. The molecule has 6 heteroatoms. The highest BCUT2D eigenvalue weighted by molar-refractivity contribution is 6.32. The molecule has 1 heterocycles. The number of Topliss-reactive ketones (excluding diaryl/α,β-unsaturated/α-hetero) is 1. The number of aliphatic hydroxyl groups excluding tert-OH is 1. The SMILES string of the molecule is Bc1ccc(N2C(=O)C(O)=C(C(=O)C(C)C)[C@H]2c2ccccc2OC)cc1. The number of carbonyl (C=O) groups excluding carboxylic acids is 2. The third-order valence-corrected chi connectivity index (χ3v) is 4.74. The monoisotopic (exact) mass is 363 g/mol. The summed E-state index contributed by atoms with van der Waals surface area (Å²) in [7, 11) is 3.50. The molecule has 0 saturated heterocycles. The van der Waals surface area contributed by atoms with Crippen LogP contribution in [0.25, 0.3) is 0 Å². The quantitative estimate of drug-likeness (QED) is 0.826. The van der Waals surface area contributed by atoms with Crippen molar-refractivity contribution in [3.63, 3.8) is 0 Å². The van der Waals surface area contributed by atoms with Crippen molar-refractivity contribution in [1.82, 2.24) is 0 Å². The first-order chi connectivity index (χ1) is 12.9. The second-order valence-electron chi connectivity index (χ2n) is 6.94. The smallest absolute Gasteiger partial charge is 0.294 e. The Morgan fingerprint density at radius 1 is 1.15 bits per heavy atom. The van der Waals surface area contributed by atoms with Gasteiger partial charge in [0.15, 0.2) is 11.5 Å². The fourth-order valence-electron chi connectivity index (χ4n) is 3.33. The Balaban J connectivity index is 2.23. The van der Waals surface area contributed by atoms with Crippen LogP contribution in [-0.2, 0) is 9.59 Å². The Morgan fingerprint density at radius 2 is 1.78 bits per heavy atom. The van der Waals surface area contributed by atoms with E-state index in [1.807, 2.05) is 50.3 Å². The minimum atomic E-state index is -0.744. The van der Waals surface area contributed by atoms with Crippen molar-refractivity contribution in [2.75, 3.05) is 12.0 Å². The van der Waals surface area contributed by atoms with E-state index in [1.54, 1.807) is 27.0 Å². The zero-order chi connectivity index (χ0) is 19.7. The zero-order valence-corrected chi connectivity index (χ0v) is 15.9. The average molecular weight is 363 g/mol. The lowest BCUT2D eigenvalue weighted by Crippen LogP contribution is -2.32. The van der Waals surface area contributed by atoms with Crippen LogP contribution in [0.5, 0.6) is 5.75 Å². The molecule has 0 aliphatic carbocycles. The van der Waals surface area contributed by atoms with Gasteiger partial charge >= 0.3 is 0 Å². The van der Waals surface area contributed by atoms with Gasteiger partial charge in [0.05, 0.1) is 18.7 Å². The van der Waals surface area contributed by atoms with Crippen LogP contribution >= 0.6 is 0 Å². The molecule has 1 aliphatic rings. The minimum absolute atomic E-state index is 0.111. The van der Waals surface area contributed by atoms with Crippen LogP contribution in [0.4, 0.5) is 5.69 Å². The number of rotatable bonds is 5. The molecule has 0 spiro atoms. The van der Waals surface area contributed by atoms with E-state index in [-0.39, 0.29) is 17.3 Å². The summed E-state index contributed by atoms with van der Waals surface area (Å²) < 4.78 is 5.47. The molecule has 2 aromatic carbocycles. The maximum Gasteiger partial charge on any atom is 0.294 e. The largest absolute Gasteiger partial charge is 0.503 e. The number of benzene rings is 2. The van der Waals surface area contributed by atoms with Crippen molar-refractivity contribution in [1.29, 1.82) is 0 Å². The van der Waals surface area contributed by atoms with E-state index in [1.165, 1.54) is 4.90 Å². The Labute approximate surface area is 159 Å². The molecular weight excluding hydrogens is 341 g/mol. The molecule has 3 rings (SSSR count). The van der Waals surface area contributed by atoms with Crippen molar-refractivity contribution >= 4 is 30.7 Å². The highest BCUT2D eigenvalue weighted by Gasteiger charge is 2.45. The van der Waals surface area contributed by atoms with Crippen molar-refractivity contribution in [2.45, 2.75) is 19.9 Å². The maximum atomic E-state index is 12.9. The molecule has 0 radical (unpaired) electrons. The maximum absolute atomic E-state index is 12.9. The van der Waals surface area contributed by atoms with Crippen LogP contribution in [-0.4, -0.2) is 31.8 Å². The third kappa shape index (κ3) is 3.23. The van der Waals surface area contributed by atoms with Gasteiger partial charge in [0.1, 0.15) is 13.6 Å². The fourth-order valence-corrected chi connectivity index (χ4v) is 3.33. The Kier molecular flexibility index (Phi) is 5.08. The van der Waals surface area contributed by atoms with E-state index in [2.05, 4.69) is 0 Å². The predicted octanol–water partition coefficient (Wildman–Crippen LogP) is 2.08. The second kappa shape index (κ2) is 7.31. The van der Waals surface area contributed by atoms with Crippen molar-refractivity contribution in [3.05, 3.63) is 65.4 Å². The second-order valence-corrected chi connectivity index (χ2v) is 6.94. The first-order valence-electron chi connectivity index (χ1n) is 8.87. The summed E-state index contributed by atoms with van der Waals surface area (Å²) >= 11 is 0. The van der Waals surface area contributed by atoms with Gasteiger partial charge in [-0.2, -0.15) is 0 Å². The first-order valence-corrected chi connectivity index (χ1v) is 8.87. The molecule has 0 fully saturated rings. The molecular formula is C21H22BNO4. The van der Waals surface area contributed by atoms with Crippen LogP contribution in [0.15, 0.2) is 59.9 Å². The average Bonchev–Trinajstić information content (AvgIpc) is 2.92. The summed E-state index contributed by atoms with van der Waals surface area (Å²) in [5.41, 5.74) is 2.43. The normalized spacial score (nSPS) is 17.0. The van der Waals surface area contributed by atoms with Crippen molar-refractivity contribution in [2.24, 2.45) is 5.92 Å². The Bertz CT molecular complexity index is 918. The third-order valence-electron chi connectivity index (χ3n) is 4.74. The highest BCUT2D eigenvalue weighted by atomic mass is 16.5. The molecule has 5 nitrogen and oxygen atoms in total. The van der Waals surface area contributed by atoms with E-state index in [9.17, 15) is 14.7 Å². The number of para-hydroxylation sites is 1. The number of aliphatic hydroxyl groups is 1. The van der Waals surface area contributed by atoms with Crippen LogP contribution in [0.1, 0.15) is 25.5 Å². The number of methoxy groups -OCH3 is 1. The van der Waals surface area contributed by atoms with Gasteiger partial charge in [0, 0.05) is 17.2 Å². The van der Waals surface area contributed by atoms with Gasteiger partial charge in [-0.3, -0.25) is 14.5 Å². The first kappa shape index (κ1) is 18.8. The number of nitrogens with zero attached hydrogens (tertiary/aromatic N) is 1. The molecule has 138 valence electrons. The summed E-state index contributed by atoms with van der Waals surface area (Å²) in [4.78, 5) is 27.3. The van der Waals surface area contributed by atoms with Crippen LogP contribution in [0.2, 0.25) is 0 Å². The fraction of sp³-hybridized carbons (Fsp3) is 0.238. The lowest BCUT2D eigenvalue weighted by atomic mass is 9.90. The van der Waals surface area contributed by atoms with Crippen LogP contribution in [0.3, 0.4) is 0 Å². The van der Waals surface area contributed by atoms with Gasteiger partial charge in [-0.15, -0.1) is 0 Å². The topological polar surface area (TPSA) is 66.8 Å². The van der Waals surface area contributed by atoms with Crippen LogP contribution in [0, 0.1) is 5.92 Å². The molecule has 2 aromatic rings. The molecule has 1 aliphatic heterocycles. The summed E-state index contributed by atoms with van der Waals surface area (Å²) in [5, 5.41) is 10.6. The Hall–Kier alpha value is -3.02. The van der Waals surface area contributed by atoms with Gasteiger partial charge in [-0.25, -0.2) is 0 Å². The van der Waals surface area contributed by atoms with Crippen LogP contribution < -0.4 is 15.1 Å². The van der Waals surface area contributed by atoms with Gasteiger partial charge in [0.2, 0.25) is 0 Å². The van der Waals surface area contributed by atoms with Gasteiger partial charge < -0.3 is 9.84 Å². The van der Waals surface area contributed by atoms with Crippen molar-refractivity contribution < 1.29 is 19.4 Å². The lowest BCUT2D eigenvalue weighted by Gasteiger charge is -2.28. The van der Waals surface area contributed by atoms with Gasteiger partial charge in [-0.05, 0) is 18.2 Å².